The summed E-state index contributed by atoms with van der Waals surface area (Å²) in [7, 11) is -23.9. The van der Waals surface area contributed by atoms with Gasteiger partial charge in [0.25, 0.3) is 11.1 Å². The Morgan fingerprint density at radius 3 is 1.19 bits per heavy atom. The smallest absolute Gasteiger partial charge is 0.744 e. The summed E-state index contributed by atoms with van der Waals surface area (Å²) in [5.41, 5.74) is 7.01. The van der Waals surface area contributed by atoms with Crippen LogP contribution < -0.4 is 237 Å². The number of rotatable bonds is 25. The van der Waals surface area contributed by atoms with Gasteiger partial charge in [0.2, 0.25) is 35.7 Å². The van der Waals surface area contributed by atoms with E-state index >= 15 is 0 Å². The number of hydrogen-bond donors (Lipinski definition) is 8. The number of nitrogens with zero attached hydrogens (tertiary/aromatic N) is 8. The zero-order chi connectivity index (χ0) is 91.0. The first-order chi connectivity index (χ1) is 60.1. The standard InChI is InChI=1S/C41H38N8O12S3.C40H36N8O12S3.6Na/c1-3-20-11-13-22(14-12-20)43-40-46-39(42)47-41(48-40)45-28-18-27(30(63(56,57)58)19-31(28)64(59,60)61)44-26-15-16-29-34-32(24-9-4-5-10-25(24)37(51)33(26)34)35(38(52)49(29)2)36(50)21-7-6-8-23(17-21)62(53,54)55;1-19-10-12-21(13-11-19)42-39-45-38(41)46-40(47-39)44-26-17-27(30(63(56,57)58)18-29(26)61-60-59-52)43-25-14-15-28-33-31(23-8-3-4-9-24(23)36(50)32(25)33)34(37(51)48(28)2)35(49)20-6-5-7-22(16-20)62(53,54)55;;;;;;/h4-10,15-20,22,44H,3,11-14H2,1-2H3,(H,53,54,55)(H,56,57,58)(H,59,60,61)(H4,42,43,45,46,47,48);3-9,14-19,21,43,52H,10-13H2,1-2H3,(H,53,54,55)(H,56,57,58)(H4,41,42,44,45,46,47);;;;;;/q;;6*+1/p-6. The molecule has 2 saturated carbocycles. The summed E-state index contributed by atoms with van der Waals surface area (Å²) in [5, 5.41) is 32.1. The molecule has 16 rings (SSSR count). The predicted molar refractivity (Wildman–Crippen MR) is 453 cm³/mol. The van der Waals surface area contributed by atoms with Crippen LogP contribution in [0.25, 0.3) is 44.1 Å². The molecule has 0 amide bonds. The number of nitrogens with one attached hydrogen (secondary N) is 6. The second-order valence-corrected chi connectivity index (χ2v) is 37.7. The molecule has 12 aromatic rings. The van der Waals surface area contributed by atoms with Crippen LogP contribution in [-0.2, 0) is 74.1 Å². The molecular weight excluding hydrogens is 1910 g/mol. The minimum Gasteiger partial charge on any atom is -0.744 e. The zero-order valence-corrected chi connectivity index (χ0v) is 89.4. The Bertz CT molecular complexity index is 7470. The van der Waals surface area contributed by atoms with E-state index in [2.05, 4.69) is 85.0 Å². The summed E-state index contributed by atoms with van der Waals surface area (Å²) < 4.78 is 193. The van der Waals surface area contributed by atoms with Gasteiger partial charge in [-0.3, -0.25) is 33.8 Å². The van der Waals surface area contributed by atoms with E-state index in [9.17, 15) is 98.9 Å². The van der Waals surface area contributed by atoms with Gasteiger partial charge in [-0.25, -0.2) is 42.1 Å². The number of nitrogen functional groups attached to an aromatic ring is 2. The van der Waals surface area contributed by atoms with Gasteiger partial charge in [-0.2, -0.15) is 34.2 Å². The largest absolute Gasteiger partial charge is 1.00 e. The Kier molecular flexibility index (Phi) is 36.3. The van der Waals surface area contributed by atoms with Crippen LogP contribution in [0, 0.1) is 11.8 Å². The maximum atomic E-state index is 14.6. The molecule has 52 heteroatoms. The van der Waals surface area contributed by atoms with Crippen molar-refractivity contribution in [2.24, 2.45) is 25.9 Å². The van der Waals surface area contributed by atoms with Crippen LogP contribution in [0.3, 0.4) is 0 Å². The fourth-order valence-corrected chi connectivity index (χ4v) is 19.7. The molecule has 133 heavy (non-hydrogen) atoms. The van der Waals surface area contributed by atoms with E-state index in [1.807, 2.05) is 0 Å². The average Bonchev–Trinajstić information content (AvgIpc) is 0.708. The maximum Gasteiger partial charge on any atom is 1.00 e. The third-order valence-electron chi connectivity index (χ3n) is 22.3. The SMILES string of the molecule is CC1CCC(Nc2nc(N)nc(Nc3cc(Nc4ccc5c6c4C(=O)c4ccccc4-c6c(C(=O)c4cccc(S(=O)(=O)[O-])c4)c(=O)n5C)c(S(=O)(=O)[O-])cc3SOO[O-])n2)CC1.CCC1CCC(Nc2nc(N)nc(Nc3cc(Nc4ccc5c6c4C(=O)c4ccccc4-c6c(C(=O)c4cccc(S(=O)(=O)[O-])c4)c(=O)n5C)c(S(=O)(=O)[O-])cc3S(=O)(=O)[O-])n2)CC1.[Na+].[Na+].[Na+].[Na+].[Na+].[Na+]. The van der Waals surface area contributed by atoms with Crippen molar-refractivity contribution in [2.75, 3.05) is 43.4 Å². The van der Waals surface area contributed by atoms with Gasteiger partial charge in [0.15, 0.2) is 23.1 Å². The van der Waals surface area contributed by atoms with E-state index in [1.54, 1.807) is 18.2 Å². The fourth-order valence-electron chi connectivity index (χ4n) is 16.1. The topological polar surface area (TPSA) is 641 Å². The van der Waals surface area contributed by atoms with Crippen molar-refractivity contribution in [3.05, 3.63) is 211 Å². The molecule has 2 fully saturated rings. The maximum absolute atomic E-state index is 14.6. The van der Waals surface area contributed by atoms with Crippen LogP contribution in [0.15, 0.2) is 185 Å². The van der Waals surface area contributed by atoms with Gasteiger partial charge in [0, 0.05) is 70.3 Å². The molecule has 0 bridgehead atoms. The normalized spacial score (nSPS) is 15.5. The van der Waals surface area contributed by atoms with Crippen molar-refractivity contribution in [1.29, 1.82) is 0 Å². The van der Waals surface area contributed by atoms with Crippen LogP contribution in [0.1, 0.15) is 135 Å². The van der Waals surface area contributed by atoms with Crippen LogP contribution >= 0.6 is 12.0 Å². The number of hydrogen-bond acceptors (Lipinski definition) is 39. The molecule has 4 aromatic heterocycles. The van der Waals surface area contributed by atoms with Gasteiger partial charge in [-0.15, -0.1) is 0 Å². The average molecular weight is 1980 g/mol. The van der Waals surface area contributed by atoms with Crippen molar-refractivity contribution in [3.8, 4) is 22.3 Å². The molecule has 40 nitrogen and oxygen atoms in total. The minimum atomic E-state index is -5.61. The van der Waals surface area contributed by atoms with Crippen molar-refractivity contribution in [2.45, 2.75) is 113 Å². The third-order valence-corrected chi connectivity index (χ3v) is 27.2. The summed E-state index contributed by atoms with van der Waals surface area (Å²) in [6, 6.07) is 29.2. The van der Waals surface area contributed by atoms with E-state index in [1.165, 1.54) is 86.9 Å². The van der Waals surface area contributed by atoms with Crippen LogP contribution in [0.5, 0.6) is 0 Å². The van der Waals surface area contributed by atoms with Crippen LogP contribution in [0.4, 0.5) is 69.8 Å². The second kappa shape index (κ2) is 44.0. The summed E-state index contributed by atoms with van der Waals surface area (Å²) in [5.74, 6) is -2.89. The van der Waals surface area contributed by atoms with Crippen LogP contribution in [0.2, 0.25) is 0 Å². The Hall–Kier alpha value is -6.94. The summed E-state index contributed by atoms with van der Waals surface area (Å²) in [6.45, 7) is 4.30. The van der Waals surface area contributed by atoms with E-state index in [-0.39, 0.29) is 337 Å². The molecule has 4 heterocycles. The van der Waals surface area contributed by atoms with E-state index < -0.39 is 138 Å². The van der Waals surface area contributed by atoms with Crippen molar-refractivity contribution in [3.63, 3.8) is 0 Å². The molecule has 658 valence electrons. The first-order valence-corrected chi connectivity index (χ1v) is 46.2. The Labute approximate surface area is 896 Å². The first-order valence-electron chi connectivity index (χ1n) is 38.5. The molecule has 8 aromatic carbocycles. The predicted octanol–water partition coefficient (Wildman–Crippen LogP) is -9.38. The number of benzene rings is 8. The van der Waals surface area contributed by atoms with Crippen molar-refractivity contribution < 1.29 is 276 Å². The number of pyridine rings is 2. The number of ketones is 4. The Morgan fingerprint density at radius 2 is 0.797 bits per heavy atom. The van der Waals surface area contributed by atoms with Crippen molar-refractivity contribution >= 4 is 177 Å². The molecule has 0 spiro atoms. The van der Waals surface area contributed by atoms with Gasteiger partial charge in [0.05, 0.1) is 109 Å². The number of aromatic nitrogens is 8. The summed E-state index contributed by atoms with van der Waals surface area (Å²) in [4.78, 5) is 106. The molecule has 4 aliphatic rings. The number of fused-ring (bicyclic) bond motifs is 4. The van der Waals surface area contributed by atoms with Gasteiger partial charge < -0.3 is 80.5 Å². The van der Waals surface area contributed by atoms with E-state index in [0.29, 0.717) is 17.9 Å². The van der Waals surface area contributed by atoms with Crippen molar-refractivity contribution in [1.82, 2.24) is 39.0 Å². The quantitative estimate of drug-likeness (QED) is 0.00658. The van der Waals surface area contributed by atoms with Crippen LogP contribution in [-0.4, -0.2) is 139 Å². The first kappa shape index (κ1) is 110. The number of carbonyl (C=O) groups is 4. The molecule has 10 N–H and O–H groups in total. The fraction of sp³-hybridized carbons (Fsp3) is 0.210. The summed E-state index contributed by atoms with van der Waals surface area (Å²) >= 11 is 0.254. The molecular formula is C81H68N16Na6O24S6. The van der Waals surface area contributed by atoms with Gasteiger partial charge >= 0.3 is 177 Å². The van der Waals surface area contributed by atoms with E-state index in [0.717, 1.165) is 115 Å². The number of carbonyl (C=O) groups excluding carboxylic acids is 4. The molecule has 0 saturated heterocycles. The molecule has 4 aliphatic carbocycles. The Balaban J connectivity index is 0.000000286. The van der Waals surface area contributed by atoms with E-state index in [4.69, 9.17) is 11.5 Å². The number of anilines is 12. The monoisotopic (exact) mass is 1980 g/mol. The second-order valence-electron chi connectivity index (χ2n) is 30.2. The van der Waals surface area contributed by atoms with Gasteiger partial charge in [-0.1, -0.05) is 93.1 Å². The van der Waals surface area contributed by atoms with Gasteiger partial charge in [0.1, 0.15) is 50.6 Å². The Morgan fingerprint density at radius 1 is 0.429 bits per heavy atom. The third kappa shape index (κ3) is 23.3. The van der Waals surface area contributed by atoms with Gasteiger partial charge in [-0.05, 0) is 147 Å². The molecule has 0 atom stereocenters. The molecule has 0 aliphatic heterocycles. The number of aryl methyl sites for hydroxylation is 2. The summed E-state index contributed by atoms with van der Waals surface area (Å²) in [6.07, 6.45) is 8.34. The molecule has 0 unspecified atom stereocenters. The zero-order valence-electron chi connectivity index (χ0n) is 72.5. The minimum absolute atomic E-state index is 0. The number of nitrogens with two attached hydrogens (primary N) is 2. The molecule has 0 radical (unpaired) electrons.